The normalized spacial score (nSPS) is 11.5. The fraction of sp³-hybridized carbons (Fsp3) is 0.105. The minimum Gasteiger partial charge on any atom is -0.494 e. The van der Waals surface area contributed by atoms with Gasteiger partial charge < -0.3 is 9.30 Å². The summed E-state index contributed by atoms with van der Waals surface area (Å²) in [5.74, 6) is 0.765. The molecular weight excluding hydrogens is 384 g/mol. The maximum Gasteiger partial charge on any atom is 0.190 e. The van der Waals surface area contributed by atoms with E-state index in [1.807, 2.05) is 42.5 Å². The van der Waals surface area contributed by atoms with Gasteiger partial charge in [-0.15, -0.1) is 17.9 Å². The van der Waals surface area contributed by atoms with E-state index < -0.39 is 0 Å². The van der Waals surface area contributed by atoms with Crippen molar-refractivity contribution in [2.45, 2.75) is 6.54 Å². The molecule has 0 unspecified atom stereocenters. The van der Waals surface area contributed by atoms with Gasteiger partial charge in [-0.3, -0.25) is 0 Å². The predicted octanol–water partition coefficient (Wildman–Crippen LogP) is 5.41. The number of allylic oxidation sites excluding steroid dienone is 1. The van der Waals surface area contributed by atoms with E-state index in [2.05, 4.69) is 44.6 Å². The summed E-state index contributed by atoms with van der Waals surface area (Å²) in [4.78, 5) is 5.71. The lowest BCUT2D eigenvalue weighted by Crippen LogP contribution is -2.14. The molecule has 1 aromatic heterocycles. The topological polar surface area (TPSA) is 26.5 Å². The monoisotopic (exact) mass is 400 g/mol. The second-order valence-corrected chi connectivity index (χ2v) is 6.85. The van der Waals surface area contributed by atoms with Gasteiger partial charge in [0.15, 0.2) is 4.80 Å². The fourth-order valence-electron chi connectivity index (χ4n) is 2.40. The average Bonchev–Trinajstić information content (AvgIpc) is 2.99. The molecule has 3 aromatic rings. The van der Waals surface area contributed by atoms with Crippen LogP contribution in [0, 0.1) is 0 Å². The zero-order chi connectivity index (χ0) is 16.9. The van der Waals surface area contributed by atoms with Crippen LogP contribution in [0.1, 0.15) is 0 Å². The first-order chi connectivity index (χ1) is 11.7. The molecule has 0 aliphatic carbocycles. The maximum atomic E-state index is 5.40. The summed E-state index contributed by atoms with van der Waals surface area (Å²) in [5.41, 5.74) is 3.10. The van der Waals surface area contributed by atoms with Crippen molar-refractivity contribution in [1.29, 1.82) is 0 Å². The van der Waals surface area contributed by atoms with Crippen LogP contribution in [0.4, 0.5) is 5.69 Å². The Morgan fingerprint density at radius 3 is 2.67 bits per heavy atom. The van der Waals surface area contributed by atoms with Crippen LogP contribution < -0.4 is 9.54 Å². The number of nitrogens with zero attached hydrogens (tertiary/aromatic N) is 2. The van der Waals surface area contributed by atoms with Crippen molar-refractivity contribution in [1.82, 2.24) is 4.57 Å². The molecule has 0 radical (unpaired) electrons. The molecule has 0 saturated carbocycles. The molecule has 0 spiro atoms. The molecule has 0 bridgehead atoms. The highest BCUT2D eigenvalue weighted by Gasteiger charge is 2.08. The number of hydrogen-bond donors (Lipinski definition) is 0. The quantitative estimate of drug-likeness (QED) is 0.526. The van der Waals surface area contributed by atoms with Gasteiger partial charge in [-0.05, 0) is 29.8 Å². The van der Waals surface area contributed by atoms with Gasteiger partial charge in [-0.1, -0.05) is 46.3 Å². The van der Waals surface area contributed by atoms with Crippen molar-refractivity contribution in [3.05, 3.63) is 75.8 Å². The smallest absolute Gasteiger partial charge is 0.190 e. The minimum absolute atomic E-state index is 0.697. The number of rotatable bonds is 5. The summed E-state index contributed by atoms with van der Waals surface area (Å²) >= 11 is 5.09. The summed E-state index contributed by atoms with van der Waals surface area (Å²) in [5, 5.41) is 2.13. The van der Waals surface area contributed by atoms with Crippen LogP contribution in [-0.2, 0) is 6.54 Å². The lowest BCUT2D eigenvalue weighted by molar-refractivity contribution is 0.416. The van der Waals surface area contributed by atoms with Crippen LogP contribution in [-0.4, -0.2) is 11.7 Å². The molecule has 0 atom stereocenters. The van der Waals surface area contributed by atoms with Gasteiger partial charge in [0.05, 0.1) is 12.8 Å². The first-order valence-corrected chi connectivity index (χ1v) is 9.13. The number of thiazole rings is 1. The lowest BCUT2D eigenvalue weighted by Gasteiger charge is -2.07. The first-order valence-electron chi connectivity index (χ1n) is 7.46. The molecule has 3 nitrogen and oxygen atoms in total. The Kier molecular flexibility index (Phi) is 5.33. The van der Waals surface area contributed by atoms with Crippen LogP contribution in [0.15, 0.2) is 76.0 Å². The summed E-state index contributed by atoms with van der Waals surface area (Å²) < 4.78 is 8.62. The van der Waals surface area contributed by atoms with E-state index in [4.69, 9.17) is 9.73 Å². The molecule has 3 rings (SSSR count). The van der Waals surface area contributed by atoms with Gasteiger partial charge in [0.2, 0.25) is 0 Å². The first kappa shape index (κ1) is 16.7. The van der Waals surface area contributed by atoms with E-state index in [-0.39, 0.29) is 0 Å². The zero-order valence-electron chi connectivity index (χ0n) is 13.3. The van der Waals surface area contributed by atoms with Gasteiger partial charge >= 0.3 is 0 Å². The van der Waals surface area contributed by atoms with E-state index in [0.29, 0.717) is 6.54 Å². The van der Waals surface area contributed by atoms with E-state index in [9.17, 15) is 0 Å². The molecular formula is C19H17BrN2OS. The molecule has 1 heterocycles. The molecule has 0 aliphatic heterocycles. The highest BCUT2D eigenvalue weighted by Crippen LogP contribution is 2.27. The van der Waals surface area contributed by atoms with Crippen molar-refractivity contribution in [2.24, 2.45) is 4.99 Å². The molecule has 2 aromatic carbocycles. The molecule has 24 heavy (non-hydrogen) atoms. The summed E-state index contributed by atoms with van der Waals surface area (Å²) in [7, 11) is 1.66. The summed E-state index contributed by atoms with van der Waals surface area (Å²) in [6.07, 6.45) is 1.89. The Hall–Kier alpha value is -2.11. The maximum absolute atomic E-state index is 5.40. The van der Waals surface area contributed by atoms with E-state index in [1.165, 1.54) is 0 Å². The largest absolute Gasteiger partial charge is 0.494 e. The predicted molar refractivity (Wildman–Crippen MR) is 104 cm³/mol. The molecule has 122 valence electrons. The Balaban J connectivity index is 2.14. The number of ether oxygens (including phenoxy) is 1. The molecule has 0 fully saturated rings. The summed E-state index contributed by atoms with van der Waals surface area (Å²) in [6.45, 7) is 4.57. The highest BCUT2D eigenvalue weighted by molar-refractivity contribution is 9.10. The van der Waals surface area contributed by atoms with Crippen LogP contribution in [0.3, 0.4) is 0 Å². The second-order valence-electron chi connectivity index (χ2n) is 5.09. The fourth-order valence-corrected chi connectivity index (χ4v) is 3.60. The SMILES string of the molecule is C=CCn1c(-c2ccc(Br)cc2)csc1=Nc1ccccc1OC. The van der Waals surface area contributed by atoms with Crippen molar-refractivity contribution >= 4 is 33.0 Å². The molecule has 5 heteroatoms. The third-order valence-corrected chi connectivity index (χ3v) is 4.94. The third-order valence-electron chi connectivity index (χ3n) is 3.55. The number of aromatic nitrogens is 1. The van der Waals surface area contributed by atoms with Crippen molar-refractivity contribution < 1.29 is 4.74 Å². The number of halogens is 1. The van der Waals surface area contributed by atoms with Crippen molar-refractivity contribution in [2.75, 3.05) is 7.11 Å². The standard InChI is InChI=1S/C19H17BrN2OS/c1-3-12-22-17(14-8-10-15(20)11-9-14)13-24-19(22)21-16-6-4-5-7-18(16)23-2/h3-11,13H,1,12H2,2H3. The van der Waals surface area contributed by atoms with E-state index in [1.54, 1.807) is 18.4 Å². The Morgan fingerprint density at radius 1 is 1.21 bits per heavy atom. The summed E-state index contributed by atoms with van der Waals surface area (Å²) in [6, 6.07) is 16.1. The second kappa shape index (κ2) is 7.64. The lowest BCUT2D eigenvalue weighted by atomic mass is 10.2. The number of hydrogen-bond acceptors (Lipinski definition) is 3. The minimum atomic E-state index is 0.697. The van der Waals surface area contributed by atoms with Gasteiger partial charge in [0.1, 0.15) is 11.4 Å². The van der Waals surface area contributed by atoms with Crippen molar-refractivity contribution in [3.8, 4) is 17.0 Å². The molecule has 0 aliphatic rings. The van der Waals surface area contributed by atoms with Crippen LogP contribution >= 0.6 is 27.3 Å². The number of benzene rings is 2. The average molecular weight is 401 g/mol. The van der Waals surface area contributed by atoms with E-state index in [0.717, 1.165) is 32.0 Å². The number of methoxy groups -OCH3 is 1. The van der Waals surface area contributed by atoms with Gasteiger partial charge in [-0.25, -0.2) is 4.99 Å². The molecule has 0 amide bonds. The van der Waals surface area contributed by atoms with Crippen molar-refractivity contribution in [3.63, 3.8) is 0 Å². The van der Waals surface area contributed by atoms with Crippen LogP contribution in [0.5, 0.6) is 5.75 Å². The van der Waals surface area contributed by atoms with Crippen LogP contribution in [0.2, 0.25) is 0 Å². The third kappa shape index (κ3) is 3.52. The highest BCUT2D eigenvalue weighted by atomic mass is 79.9. The zero-order valence-corrected chi connectivity index (χ0v) is 15.7. The number of para-hydroxylation sites is 2. The van der Waals surface area contributed by atoms with Crippen LogP contribution in [0.25, 0.3) is 11.3 Å². The van der Waals surface area contributed by atoms with Gasteiger partial charge in [0.25, 0.3) is 0 Å². The molecule has 0 N–H and O–H groups in total. The Morgan fingerprint density at radius 2 is 1.96 bits per heavy atom. The van der Waals surface area contributed by atoms with E-state index >= 15 is 0 Å². The van der Waals surface area contributed by atoms with Gasteiger partial charge in [0, 0.05) is 16.4 Å². The van der Waals surface area contributed by atoms with Gasteiger partial charge in [-0.2, -0.15) is 0 Å². The Labute approximate surface area is 153 Å². The Bertz CT molecular complexity index is 910. The molecule has 0 saturated heterocycles.